The predicted molar refractivity (Wildman–Crippen MR) is 35.1 cm³/mol. The second kappa shape index (κ2) is 9.43. The highest BCUT2D eigenvalue weighted by atomic mass is 16.0. The van der Waals surface area contributed by atoms with Crippen LogP contribution in [0.4, 0.5) is 0 Å². The van der Waals surface area contributed by atoms with Crippen LogP contribution in [0.2, 0.25) is 0 Å². The molecule has 0 rings (SSSR count). The van der Waals surface area contributed by atoms with Crippen LogP contribution >= 0.6 is 0 Å². The van der Waals surface area contributed by atoms with E-state index in [0.717, 1.165) is 12.8 Å². The van der Waals surface area contributed by atoms with Gasteiger partial charge in [0.2, 0.25) is 0 Å². The number of hydrogen-bond acceptors (Lipinski definition) is 0. The Kier molecular flexibility index (Phi) is 11.9. The van der Waals surface area contributed by atoms with Crippen LogP contribution in [0.3, 0.4) is 0 Å². The monoisotopic (exact) mass is 110 g/mol. The molecule has 0 heterocycles. The van der Waals surface area contributed by atoms with Gasteiger partial charge in [0.05, 0.1) is 0 Å². The third kappa shape index (κ3) is 8.91. The third-order valence-corrected chi connectivity index (χ3v) is 0.536. The van der Waals surface area contributed by atoms with Gasteiger partial charge in [-0.15, -0.1) is 6.42 Å². The molecule has 0 unspecified atom stereocenters. The second-order valence-electron chi connectivity index (χ2n) is 1.20. The van der Waals surface area contributed by atoms with E-state index in [1.165, 1.54) is 0 Å². The summed E-state index contributed by atoms with van der Waals surface area (Å²) in [6.07, 6.45) is 6.86. The average Bonchev–Trinajstić information content (AvgIpc) is 1.69. The standard InChI is InChI=1S/C7H8.H2O/c1-3-5-7-6-4-2;/h1H,4,6H2,2H3;1H2. The van der Waals surface area contributed by atoms with Crippen molar-refractivity contribution in [3.8, 4) is 24.2 Å². The van der Waals surface area contributed by atoms with Crippen molar-refractivity contribution >= 4 is 0 Å². The van der Waals surface area contributed by atoms with Crippen LogP contribution in [-0.2, 0) is 0 Å². The normalized spacial score (nSPS) is 5.00. The Labute approximate surface area is 50.4 Å². The Morgan fingerprint density at radius 3 is 2.50 bits per heavy atom. The molecule has 0 aliphatic heterocycles. The van der Waals surface area contributed by atoms with E-state index in [0.29, 0.717) is 0 Å². The molecule has 0 atom stereocenters. The topological polar surface area (TPSA) is 31.5 Å². The fourth-order valence-corrected chi connectivity index (χ4v) is 0.239. The molecule has 0 amide bonds. The molecular weight excluding hydrogens is 100 g/mol. The Hall–Kier alpha value is -0.920. The molecule has 44 valence electrons. The van der Waals surface area contributed by atoms with Gasteiger partial charge in [-0.3, -0.25) is 0 Å². The first-order valence-corrected chi connectivity index (χ1v) is 2.35. The summed E-state index contributed by atoms with van der Waals surface area (Å²) in [5, 5.41) is 0. The smallest absolute Gasteiger partial charge is 0.00963 e. The molecule has 0 saturated heterocycles. The molecule has 0 fully saturated rings. The molecular formula is C7H10O. The molecule has 0 saturated carbocycles. The lowest BCUT2D eigenvalue weighted by molar-refractivity contribution is 0.824. The maximum atomic E-state index is 4.85. The van der Waals surface area contributed by atoms with Crippen LogP contribution in [0.5, 0.6) is 0 Å². The molecule has 0 radical (unpaired) electrons. The molecule has 0 spiro atoms. The summed E-state index contributed by atoms with van der Waals surface area (Å²) in [6.45, 7) is 2.07. The summed E-state index contributed by atoms with van der Waals surface area (Å²) < 4.78 is 0. The molecule has 0 bridgehead atoms. The molecule has 1 nitrogen and oxygen atoms in total. The lowest BCUT2D eigenvalue weighted by Gasteiger charge is -1.71. The fraction of sp³-hybridized carbons (Fsp3) is 0.429. The zero-order chi connectivity index (χ0) is 5.54. The van der Waals surface area contributed by atoms with Crippen molar-refractivity contribution in [2.75, 3.05) is 0 Å². The van der Waals surface area contributed by atoms with E-state index in [1.807, 2.05) is 0 Å². The summed E-state index contributed by atoms with van der Waals surface area (Å²) in [5.41, 5.74) is 0. The van der Waals surface area contributed by atoms with Gasteiger partial charge < -0.3 is 5.48 Å². The number of unbranched alkanes of at least 4 members (excludes halogenated alkanes) is 1. The van der Waals surface area contributed by atoms with Crippen molar-refractivity contribution in [3.05, 3.63) is 0 Å². The Morgan fingerprint density at radius 2 is 2.12 bits per heavy atom. The molecule has 0 aromatic heterocycles. The molecule has 2 N–H and O–H groups in total. The van der Waals surface area contributed by atoms with E-state index >= 15 is 0 Å². The van der Waals surface area contributed by atoms with Crippen molar-refractivity contribution in [1.29, 1.82) is 0 Å². The lowest BCUT2D eigenvalue weighted by atomic mass is 10.3. The van der Waals surface area contributed by atoms with Gasteiger partial charge >= 0.3 is 0 Å². The first-order valence-electron chi connectivity index (χ1n) is 2.35. The summed E-state index contributed by atoms with van der Waals surface area (Å²) in [6, 6.07) is 0. The highest BCUT2D eigenvalue weighted by molar-refractivity contribution is 5.21. The highest BCUT2D eigenvalue weighted by Crippen LogP contribution is 1.79. The summed E-state index contributed by atoms with van der Waals surface area (Å²) in [5.74, 6) is 7.57. The first-order chi connectivity index (χ1) is 3.41. The summed E-state index contributed by atoms with van der Waals surface area (Å²) >= 11 is 0. The third-order valence-electron chi connectivity index (χ3n) is 0.536. The molecule has 0 aromatic rings. The molecule has 0 aliphatic carbocycles. The van der Waals surface area contributed by atoms with Gasteiger partial charge in [-0.2, -0.15) is 0 Å². The quantitative estimate of drug-likeness (QED) is 0.443. The van der Waals surface area contributed by atoms with Crippen LogP contribution in [0.25, 0.3) is 0 Å². The van der Waals surface area contributed by atoms with E-state index < -0.39 is 0 Å². The Balaban J connectivity index is 0. The zero-order valence-electron chi connectivity index (χ0n) is 4.99. The molecule has 8 heavy (non-hydrogen) atoms. The highest BCUT2D eigenvalue weighted by Gasteiger charge is 1.64. The van der Waals surface area contributed by atoms with Gasteiger partial charge in [0.15, 0.2) is 0 Å². The van der Waals surface area contributed by atoms with Crippen LogP contribution < -0.4 is 0 Å². The number of hydrogen-bond donors (Lipinski definition) is 0. The number of terminal acetylenes is 1. The fourth-order valence-electron chi connectivity index (χ4n) is 0.239. The lowest BCUT2D eigenvalue weighted by Crippen LogP contribution is -1.58. The van der Waals surface area contributed by atoms with E-state index in [9.17, 15) is 0 Å². The van der Waals surface area contributed by atoms with E-state index in [-0.39, 0.29) is 5.48 Å². The van der Waals surface area contributed by atoms with Gasteiger partial charge in [-0.1, -0.05) is 12.8 Å². The minimum absolute atomic E-state index is 0. The maximum absolute atomic E-state index is 4.85. The van der Waals surface area contributed by atoms with Crippen LogP contribution in [0.1, 0.15) is 19.8 Å². The Bertz CT molecular complexity index is 120. The minimum Gasteiger partial charge on any atom is -0.412 e. The predicted octanol–water partition coefficient (Wildman–Crippen LogP) is 0.598. The van der Waals surface area contributed by atoms with E-state index in [4.69, 9.17) is 6.42 Å². The minimum atomic E-state index is 0. The van der Waals surface area contributed by atoms with E-state index in [1.54, 1.807) is 0 Å². The largest absolute Gasteiger partial charge is 0.412 e. The van der Waals surface area contributed by atoms with Crippen molar-refractivity contribution in [3.63, 3.8) is 0 Å². The van der Waals surface area contributed by atoms with Gasteiger partial charge in [-0.05, 0) is 18.3 Å². The first kappa shape index (κ1) is 10.1. The van der Waals surface area contributed by atoms with Crippen LogP contribution in [-0.4, -0.2) is 5.48 Å². The van der Waals surface area contributed by atoms with Crippen LogP contribution in [0.15, 0.2) is 0 Å². The maximum Gasteiger partial charge on any atom is 0.00963 e. The average molecular weight is 110 g/mol. The van der Waals surface area contributed by atoms with Gasteiger partial charge in [-0.25, -0.2) is 0 Å². The SMILES string of the molecule is C#CC#CCCC.O. The van der Waals surface area contributed by atoms with Crippen molar-refractivity contribution in [1.82, 2.24) is 0 Å². The van der Waals surface area contributed by atoms with Crippen molar-refractivity contribution in [2.24, 2.45) is 0 Å². The molecule has 1 heteroatoms. The summed E-state index contributed by atoms with van der Waals surface area (Å²) in [4.78, 5) is 0. The van der Waals surface area contributed by atoms with Crippen LogP contribution in [0, 0.1) is 24.2 Å². The molecule has 0 aliphatic rings. The second-order valence-corrected chi connectivity index (χ2v) is 1.20. The van der Waals surface area contributed by atoms with Gasteiger partial charge in [0.1, 0.15) is 0 Å². The van der Waals surface area contributed by atoms with Gasteiger partial charge in [0, 0.05) is 6.42 Å². The van der Waals surface area contributed by atoms with Crippen molar-refractivity contribution < 1.29 is 5.48 Å². The number of rotatable bonds is 1. The Morgan fingerprint density at radius 1 is 1.50 bits per heavy atom. The van der Waals surface area contributed by atoms with Gasteiger partial charge in [0.25, 0.3) is 0 Å². The summed E-state index contributed by atoms with van der Waals surface area (Å²) in [7, 11) is 0. The zero-order valence-corrected chi connectivity index (χ0v) is 4.99. The van der Waals surface area contributed by atoms with Crippen molar-refractivity contribution in [2.45, 2.75) is 19.8 Å². The van der Waals surface area contributed by atoms with E-state index in [2.05, 4.69) is 24.7 Å². The molecule has 0 aromatic carbocycles.